The van der Waals surface area contributed by atoms with Crippen LogP contribution in [0.5, 0.6) is 5.75 Å². The number of ether oxygens (including phenoxy) is 1. The molecule has 0 saturated heterocycles. The lowest BCUT2D eigenvalue weighted by atomic mass is 10.1. The molecule has 2 aromatic carbocycles. The van der Waals surface area contributed by atoms with Gasteiger partial charge in [-0.3, -0.25) is 4.79 Å². The van der Waals surface area contributed by atoms with E-state index < -0.39 is 0 Å². The molecule has 0 saturated carbocycles. The third-order valence-corrected chi connectivity index (χ3v) is 4.34. The fourth-order valence-electron chi connectivity index (χ4n) is 2.34. The topological polar surface area (TPSA) is 64.4 Å². The van der Waals surface area contributed by atoms with Crippen molar-refractivity contribution in [3.8, 4) is 5.75 Å². The number of para-hydroxylation sites is 3. The minimum absolute atomic E-state index is 0.0443. The molecule has 1 heterocycles. The van der Waals surface area contributed by atoms with Crippen LogP contribution in [0.15, 0.2) is 58.2 Å². The summed E-state index contributed by atoms with van der Waals surface area (Å²) in [6.07, 6.45) is 0.726. The molecule has 0 aliphatic heterocycles. The maximum Gasteiger partial charge on any atom is 0.257 e. The Morgan fingerprint density at radius 1 is 1.21 bits per heavy atom. The molecule has 124 valence electrons. The normalized spacial score (nSPS) is 10.7. The van der Waals surface area contributed by atoms with Gasteiger partial charge in [-0.25, -0.2) is 4.98 Å². The van der Waals surface area contributed by atoms with Crippen LogP contribution in [-0.4, -0.2) is 30.3 Å². The zero-order valence-corrected chi connectivity index (χ0v) is 14.1. The number of carbonyl (C=O) groups is 1. The van der Waals surface area contributed by atoms with Crippen molar-refractivity contribution in [2.24, 2.45) is 0 Å². The summed E-state index contributed by atoms with van der Waals surface area (Å²) in [7, 11) is 1.65. The first-order valence-corrected chi connectivity index (χ1v) is 8.62. The average Bonchev–Trinajstić information content (AvgIpc) is 3.03. The number of nitrogens with zero attached hydrogens (tertiary/aromatic N) is 1. The van der Waals surface area contributed by atoms with Crippen LogP contribution in [-0.2, 0) is 11.2 Å². The van der Waals surface area contributed by atoms with Crippen molar-refractivity contribution in [2.75, 3.05) is 19.4 Å². The summed E-state index contributed by atoms with van der Waals surface area (Å²) in [6.45, 7) is 0.563. The minimum atomic E-state index is -0.0443. The van der Waals surface area contributed by atoms with Gasteiger partial charge in [0.15, 0.2) is 5.58 Å². The van der Waals surface area contributed by atoms with Gasteiger partial charge >= 0.3 is 0 Å². The number of carbonyl (C=O) groups excluding carboxylic acids is 1. The van der Waals surface area contributed by atoms with Crippen molar-refractivity contribution in [2.45, 2.75) is 11.6 Å². The predicted octanol–water partition coefficient (Wildman–Crippen LogP) is 3.29. The van der Waals surface area contributed by atoms with Crippen LogP contribution in [0.1, 0.15) is 5.56 Å². The Labute approximate surface area is 144 Å². The molecule has 0 bridgehead atoms. The lowest BCUT2D eigenvalue weighted by molar-refractivity contribution is -0.118. The van der Waals surface area contributed by atoms with E-state index in [0.29, 0.717) is 11.8 Å². The minimum Gasteiger partial charge on any atom is -0.496 e. The van der Waals surface area contributed by atoms with Gasteiger partial charge in [-0.15, -0.1) is 0 Å². The maximum atomic E-state index is 11.9. The van der Waals surface area contributed by atoms with E-state index in [-0.39, 0.29) is 11.7 Å². The number of oxazole rings is 1. The van der Waals surface area contributed by atoms with E-state index in [1.165, 1.54) is 11.8 Å². The zero-order chi connectivity index (χ0) is 16.8. The summed E-state index contributed by atoms with van der Waals surface area (Å²) in [5.74, 6) is 1.07. The summed E-state index contributed by atoms with van der Waals surface area (Å²) < 4.78 is 10.9. The van der Waals surface area contributed by atoms with Gasteiger partial charge < -0.3 is 14.5 Å². The highest BCUT2D eigenvalue weighted by molar-refractivity contribution is 7.99. The number of rotatable bonds is 7. The number of nitrogens with one attached hydrogen (secondary N) is 1. The van der Waals surface area contributed by atoms with Crippen molar-refractivity contribution < 1.29 is 13.9 Å². The highest BCUT2D eigenvalue weighted by atomic mass is 32.2. The van der Waals surface area contributed by atoms with Gasteiger partial charge in [0.1, 0.15) is 11.3 Å². The molecule has 5 nitrogen and oxygen atoms in total. The molecule has 0 aliphatic rings. The fourth-order valence-corrected chi connectivity index (χ4v) is 3.01. The fraction of sp³-hybridized carbons (Fsp3) is 0.222. The SMILES string of the molecule is COc1ccccc1CCNC(=O)CSc1nc2ccccc2o1. The largest absolute Gasteiger partial charge is 0.496 e. The van der Waals surface area contributed by atoms with Gasteiger partial charge in [-0.1, -0.05) is 42.1 Å². The van der Waals surface area contributed by atoms with Crippen LogP contribution in [0, 0.1) is 0 Å². The van der Waals surface area contributed by atoms with Crippen molar-refractivity contribution >= 4 is 28.8 Å². The number of fused-ring (bicyclic) bond motifs is 1. The molecule has 1 N–H and O–H groups in total. The van der Waals surface area contributed by atoms with Gasteiger partial charge in [-0.05, 0) is 30.2 Å². The Bertz CT molecular complexity index is 799. The molecule has 0 aliphatic carbocycles. The molecule has 6 heteroatoms. The number of aromatic nitrogens is 1. The molecule has 0 unspecified atom stereocenters. The molecule has 0 radical (unpaired) electrons. The van der Waals surface area contributed by atoms with Crippen molar-refractivity contribution in [3.63, 3.8) is 0 Å². The standard InChI is InChI=1S/C18H18N2O3S/c1-22-15-8-4-2-6-13(15)10-11-19-17(21)12-24-18-20-14-7-3-5-9-16(14)23-18/h2-9H,10-12H2,1H3,(H,19,21). The Morgan fingerprint density at radius 2 is 2.00 bits per heavy atom. The molecular weight excluding hydrogens is 324 g/mol. The van der Waals surface area contributed by atoms with Crippen LogP contribution in [0.25, 0.3) is 11.1 Å². The van der Waals surface area contributed by atoms with E-state index in [0.717, 1.165) is 28.8 Å². The summed E-state index contributed by atoms with van der Waals surface area (Å²) in [5, 5.41) is 3.41. The second-order valence-corrected chi connectivity index (χ2v) is 6.07. The summed E-state index contributed by atoms with van der Waals surface area (Å²) in [5.41, 5.74) is 2.61. The quantitative estimate of drug-likeness (QED) is 0.668. The van der Waals surface area contributed by atoms with E-state index >= 15 is 0 Å². The Balaban J connectivity index is 1.46. The molecule has 0 atom stereocenters. The van der Waals surface area contributed by atoms with Gasteiger partial charge in [0, 0.05) is 6.54 Å². The van der Waals surface area contributed by atoms with Crippen LogP contribution in [0.3, 0.4) is 0 Å². The van der Waals surface area contributed by atoms with E-state index in [1.54, 1.807) is 7.11 Å². The Kier molecular flexibility index (Phi) is 5.38. The van der Waals surface area contributed by atoms with Crippen LogP contribution < -0.4 is 10.1 Å². The number of hydrogen-bond donors (Lipinski definition) is 1. The molecular formula is C18H18N2O3S. The third kappa shape index (κ3) is 4.08. The number of benzene rings is 2. The molecule has 1 aromatic heterocycles. The summed E-state index contributed by atoms with van der Waals surface area (Å²) >= 11 is 1.29. The monoisotopic (exact) mass is 342 g/mol. The number of thioether (sulfide) groups is 1. The number of hydrogen-bond acceptors (Lipinski definition) is 5. The van der Waals surface area contributed by atoms with E-state index in [9.17, 15) is 4.79 Å². The first kappa shape index (κ1) is 16.4. The van der Waals surface area contributed by atoms with Crippen LogP contribution in [0.4, 0.5) is 0 Å². The van der Waals surface area contributed by atoms with Crippen LogP contribution in [0.2, 0.25) is 0 Å². The smallest absolute Gasteiger partial charge is 0.257 e. The van der Waals surface area contributed by atoms with Crippen molar-refractivity contribution in [1.29, 1.82) is 0 Å². The van der Waals surface area contributed by atoms with Gasteiger partial charge in [0.2, 0.25) is 5.91 Å². The van der Waals surface area contributed by atoms with Crippen molar-refractivity contribution in [1.82, 2.24) is 10.3 Å². The molecule has 24 heavy (non-hydrogen) atoms. The van der Waals surface area contributed by atoms with E-state index in [4.69, 9.17) is 9.15 Å². The third-order valence-electron chi connectivity index (χ3n) is 3.51. The lowest BCUT2D eigenvalue weighted by Gasteiger charge is -2.08. The average molecular weight is 342 g/mol. The van der Waals surface area contributed by atoms with Crippen LogP contribution >= 0.6 is 11.8 Å². The molecule has 1 amide bonds. The molecule has 0 spiro atoms. The first-order valence-electron chi connectivity index (χ1n) is 7.63. The Morgan fingerprint density at radius 3 is 2.83 bits per heavy atom. The van der Waals surface area contributed by atoms with Gasteiger partial charge in [0.05, 0.1) is 12.9 Å². The Hall–Kier alpha value is -2.47. The summed E-state index contributed by atoms with van der Waals surface area (Å²) in [4.78, 5) is 16.3. The van der Waals surface area contributed by atoms with Gasteiger partial charge in [0.25, 0.3) is 5.22 Å². The van der Waals surface area contributed by atoms with E-state index in [1.807, 2.05) is 48.5 Å². The molecule has 3 rings (SSSR count). The number of amides is 1. The summed E-state index contributed by atoms with van der Waals surface area (Å²) in [6, 6.07) is 15.4. The second kappa shape index (κ2) is 7.88. The highest BCUT2D eigenvalue weighted by Crippen LogP contribution is 2.22. The number of methoxy groups -OCH3 is 1. The first-order chi connectivity index (χ1) is 11.8. The molecule has 0 fully saturated rings. The lowest BCUT2D eigenvalue weighted by Crippen LogP contribution is -2.27. The van der Waals surface area contributed by atoms with Gasteiger partial charge in [-0.2, -0.15) is 0 Å². The maximum absolute atomic E-state index is 11.9. The molecule has 3 aromatic rings. The highest BCUT2D eigenvalue weighted by Gasteiger charge is 2.09. The van der Waals surface area contributed by atoms with E-state index in [2.05, 4.69) is 10.3 Å². The van der Waals surface area contributed by atoms with Crippen molar-refractivity contribution in [3.05, 3.63) is 54.1 Å². The predicted molar refractivity (Wildman–Crippen MR) is 94.4 cm³/mol. The zero-order valence-electron chi connectivity index (χ0n) is 13.3. The second-order valence-electron chi connectivity index (χ2n) is 5.15.